The number of rotatable bonds is 4. The van der Waals surface area contributed by atoms with E-state index < -0.39 is 0 Å². The van der Waals surface area contributed by atoms with Crippen LogP contribution < -0.4 is 10.1 Å². The number of benzene rings is 2. The van der Waals surface area contributed by atoms with E-state index in [1.54, 1.807) is 13.2 Å². The molecule has 0 amide bonds. The summed E-state index contributed by atoms with van der Waals surface area (Å²) in [5, 5.41) is 13.1. The maximum absolute atomic E-state index is 9.90. The van der Waals surface area contributed by atoms with Crippen LogP contribution in [0, 0.1) is 0 Å². The maximum atomic E-state index is 9.90. The third kappa shape index (κ3) is 2.69. The molecular weight excluding hydrogens is 214 g/mol. The number of hydrogen-bond donors (Lipinski definition) is 2. The van der Waals surface area contributed by atoms with Crippen LogP contribution in [0.15, 0.2) is 48.5 Å². The minimum atomic E-state index is 0.193. The van der Waals surface area contributed by atoms with E-state index in [1.807, 2.05) is 42.5 Å². The summed E-state index contributed by atoms with van der Waals surface area (Å²) in [5.41, 5.74) is 1.84. The largest absolute Gasteiger partial charge is 0.504 e. The van der Waals surface area contributed by atoms with Crippen molar-refractivity contribution in [3.05, 3.63) is 54.1 Å². The van der Waals surface area contributed by atoms with Crippen LogP contribution in [0.25, 0.3) is 0 Å². The molecule has 2 aromatic carbocycles. The first-order valence-electron chi connectivity index (χ1n) is 5.45. The quantitative estimate of drug-likeness (QED) is 0.846. The number of nitrogens with one attached hydrogen (secondary N) is 1. The van der Waals surface area contributed by atoms with E-state index in [4.69, 9.17) is 4.74 Å². The number of ether oxygens (including phenoxy) is 1. The monoisotopic (exact) mass is 229 g/mol. The number of para-hydroxylation sites is 2. The second kappa shape index (κ2) is 5.25. The van der Waals surface area contributed by atoms with Gasteiger partial charge in [0.25, 0.3) is 0 Å². The van der Waals surface area contributed by atoms with Gasteiger partial charge in [-0.25, -0.2) is 0 Å². The number of anilines is 1. The van der Waals surface area contributed by atoms with Gasteiger partial charge in [0.2, 0.25) is 0 Å². The van der Waals surface area contributed by atoms with Crippen LogP contribution in [0.2, 0.25) is 0 Å². The molecule has 0 atom stereocenters. The molecule has 2 N–H and O–H groups in total. The van der Waals surface area contributed by atoms with Crippen molar-refractivity contribution in [2.45, 2.75) is 6.54 Å². The lowest BCUT2D eigenvalue weighted by atomic mass is 10.2. The predicted molar refractivity (Wildman–Crippen MR) is 68.4 cm³/mol. The van der Waals surface area contributed by atoms with E-state index in [0.29, 0.717) is 12.3 Å². The molecule has 3 nitrogen and oxygen atoms in total. The Bertz CT molecular complexity index is 483. The van der Waals surface area contributed by atoms with Gasteiger partial charge in [0, 0.05) is 17.8 Å². The van der Waals surface area contributed by atoms with Crippen molar-refractivity contribution in [3.63, 3.8) is 0 Å². The summed E-state index contributed by atoms with van der Waals surface area (Å²) < 4.78 is 5.06. The fourth-order valence-corrected chi connectivity index (χ4v) is 1.63. The van der Waals surface area contributed by atoms with Gasteiger partial charge in [-0.3, -0.25) is 0 Å². The average Bonchev–Trinajstić information content (AvgIpc) is 2.39. The molecule has 88 valence electrons. The molecule has 0 radical (unpaired) electrons. The first kappa shape index (κ1) is 11.3. The lowest BCUT2D eigenvalue weighted by Gasteiger charge is -2.10. The molecule has 3 heteroatoms. The highest BCUT2D eigenvalue weighted by Crippen LogP contribution is 2.29. The van der Waals surface area contributed by atoms with Crippen LogP contribution in [0.3, 0.4) is 0 Å². The molecule has 2 rings (SSSR count). The van der Waals surface area contributed by atoms with Crippen LogP contribution in [-0.4, -0.2) is 12.2 Å². The second-order valence-corrected chi connectivity index (χ2v) is 3.69. The first-order chi connectivity index (χ1) is 8.31. The summed E-state index contributed by atoms with van der Waals surface area (Å²) >= 11 is 0. The van der Waals surface area contributed by atoms with Crippen molar-refractivity contribution < 1.29 is 9.84 Å². The Hall–Kier alpha value is -2.16. The normalized spacial score (nSPS) is 9.94. The molecule has 0 fully saturated rings. The third-order valence-electron chi connectivity index (χ3n) is 2.56. The molecule has 0 aromatic heterocycles. The van der Waals surface area contributed by atoms with Crippen LogP contribution >= 0.6 is 0 Å². The summed E-state index contributed by atoms with van der Waals surface area (Å²) in [7, 11) is 1.55. The summed E-state index contributed by atoms with van der Waals surface area (Å²) in [6, 6.07) is 15.3. The van der Waals surface area contributed by atoms with E-state index >= 15 is 0 Å². The highest BCUT2D eigenvalue weighted by molar-refractivity contribution is 5.49. The Labute approximate surface area is 101 Å². The molecule has 2 aromatic rings. The first-order valence-corrected chi connectivity index (χ1v) is 5.45. The van der Waals surface area contributed by atoms with Crippen LogP contribution in [0.4, 0.5) is 5.69 Å². The lowest BCUT2D eigenvalue weighted by molar-refractivity contribution is 0.371. The Morgan fingerprint density at radius 3 is 2.53 bits per heavy atom. The van der Waals surface area contributed by atoms with Crippen LogP contribution in [0.1, 0.15) is 5.56 Å². The SMILES string of the molecule is COc1cccc(CNc2ccccc2)c1O. The highest BCUT2D eigenvalue weighted by Gasteiger charge is 2.06. The van der Waals surface area contributed by atoms with E-state index in [9.17, 15) is 5.11 Å². The van der Waals surface area contributed by atoms with Gasteiger partial charge in [-0.15, -0.1) is 0 Å². The maximum Gasteiger partial charge on any atom is 0.162 e. The minimum Gasteiger partial charge on any atom is -0.504 e. The highest BCUT2D eigenvalue weighted by atomic mass is 16.5. The Morgan fingerprint density at radius 2 is 1.82 bits per heavy atom. The smallest absolute Gasteiger partial charge is 0.162 e. The number of hydrogen-bond acceptors (Lipinski definition) is 3. The van der Waals surface area contributed by atoms with Gasteiger partial charge in [0.15, 0.2) is 11.5 Å². The molecular formula is C14H15NO2. The Balaban J connectivity index is 2.09. The van der Waals surface area contributed by atoms with Gasteiger partial charge in [-0.2, -0.15) is 0 Å². The van der Waals surface area contributed by atoms with Gasteiger partial charge in [-0.05, 0) is 18.2 Å². The predicted octanol–water partition coefficient (Wildman–Crippen LogP) is 3.01. The summed E-state index contributed by atoms with van der Waals surface area (Å²) in [6.07, 6.45) is 0. The van der Waals surface area contributed by atoms with Crippen molar-refractivity contribution in [1.29, 1.82) is 0 Å². The lowest BCUT2D eigenvalue weighted by Crippen LogP contribution is -2.00. The van der Waals surface area contributed by atoms with Gasteiger partial charge in [0.05, 0.1) is 7.11 Å². The Morgan fingerprint density at radius 1 is 1.06 bits per heavy atom. The molecule has 0 unspecified atom stereocenters. The van der Waals surface area contributed by atoms with E-state index in [1.165, 1.54) is 0 Å². The summed E-state index contributed by atoms with van der Waals surface area (Å²) in [5.74, 6) is 0.691. The zero-order chi connectivity index (χ0) is 12.1. The zero-order valence-electron chi connectivity index (χ0n) is 9.68. The number of phenols is 1. The minimum absolute atomic E-state index is 0.193. The van der Waals surface area contributed by atoms with Crippen molar-refractivity contribution in [3.8, 4) is 11.5 Å². The molecule has 0 aliphatic carbocycles. The zero-order valence-corrected chi connectivity index (χ0v) is 9.68. The molecule has 17 heavy (non-hydrogen) atoms. The molecule has 0 aliphatic heterocycles. The van der Waals surface area contributed by atoms with Gasteiger partial charge in [-0.1, -0.05) is 30.3 Å². The summed E-state index contributed by atoms with van der Waals surface area (Å²) in [6.45, 7) is 0.563. The molecule has 0 spiro atoms. The fourth-order valence-electron chi connectivity index (χ4n) is 1.63. The second-order valence-electron chi connectivity index (χ2n) is 3.69. The molecule has 0 aliphatic rings. The van der Waals surface area contributed by atoms with Crippen molar-refractivity contribution >= 4 is 5.69 Å². The van der Waals surface area contributed by atoms with Gasteiger partial charge in [0.1, 0.15) is 0 Å². The third-order valence-corrected chi connectivity index (χ3v) is 2.56. The van der Waals surface area contributed by atoms with Crippen molar-refractivity contribution in [2.75, 3.05) is 12.4 Å². The van der Waals surface area contributed by atoms with Gasteiger partial charge < -0.3 is 15.2 Å². The average molecular weight is 229 g/mol. The van der Waals surface area contributed by atoms with E-state index in [2.05, 4.69) is 5.32 Å². The van der Waals surface area contributed by atoms with Crippen molar-refractivity contribution in [2.24, 2.45) is 0 Å². The fraction of sp³-hybridized carbons (Fsp3) is 0.143. The molecule has 0 bridgehead atoms. The topological polar surface area (TPSA) is 41.5 Å². The number of methoxy groups -OCH3 is 1. The van der Waals surface area contributed by atoms with Crippen LogP contribution in [-0.2, 0) is 6.54 Å². The van der Waals surface area contributed by atoms with E-state index in [0.717, 1.165) is 11.3 Å². The standard InChI is InChI=1S/C14H15NO2/c1-17-13-9-5-6-11(14(13)16)10-15-12-7-3-2-4-8-12/h2-9,15-16H,10H2,1H3. The number of aromatic hydroxyl groups is 1. The van der Waals surface area contributed by atoms with Gasteiger partial charge >= 0.3 is 0 Å². The molecule has 0 saturated heterocycles. The van der Waals surface area contributed by atoms with Crippen LogP contribution in [0.5, 0.6) is 11.5 Å². The molecule has 0 saturated carbocycles. The number of phenolic OH excluding ortho intramolecular Hbond substituents is 1. The van der Waals surface area contributed by atoms with Crippen molar-refractivity contribution in [1.82, 2.24) is 0 Å². The molecule has 0 heterocycles. The van der Waals surface area contributed by atoms with E-state index in [-0.39, 0.29) is 5.75 Å². The Kier molecular flexibility index (Phi) is 3.50. The summed E-state index contributed by atoms with van der Waals surface area (Å²) in [4.78, 5) is 0.